The van der Waals surface area contributed by atoms with Crippen LogP contribution in [0.4, 0.5) is 9.59 Å². The second-order valence-corrected chi connectivity index (χ2v) is 48.5. The Hall–Kier alpha value is -3.82. The van der Waals surface area contributed by atoms with Crippen LogP contribution >= 0.6 is 0 Å². The van der Waals surface area contributed by atoms with Gasteiger partial charge >= 0.3 is 12.1 Å². The van der Waals surface area contributed by atoms with E-state index in [0.717, 1.165) is 195 Å². The van der Waals surface area contributed by atoms with Gasteiger partial charge < -0.3 is 116 Å². The highest BCUT2D eigenvalue weighted by atomic mass is 32.2. The van der Waals surface area contributed by atoms with Crippen LogP contribution in [0, 0.1) is 0 Å². The fraction of sp³-hybridized carbons (Fsp3) is 0.953. The number of likely N-dealkylation sites (N-methyl/N-ethyl adjacent to an activating group) is 1. The molecular weight excluding hydrogens is 1800 g/mol. The van der Waals surface area contributed by atoms with Gasteiger partial charge in [-0.15, -0.1) is 0 Å². The molecule has 11 saturated heterocycles. The summed E-state index contributed by atoms with van der Waals surface area (Å²) in [5, 5.41) is 3.32. The van der Waals surface area contributed by atoms with Crippen LogP contribution in [0.15, 0.2) is 0 Å². The Bertz CT molecular complexity index is 3210. The number of hydrogen-bond acceptors (Lipinski definition) is 24. The topological polar surface area (TPSA) is 293 Å². The van der Waals surface area contributed by atoms with Crippen molar-refractivity contribution in [2.45, 2.75) is 461 Å². The van der Waals surface area contributed by atoms with Crippen LogP contribution in [-0.2, 0) is 90.7 Å². The van der Waals surface area contributed by atoms with E-state index < -0.39 is 10.0 Å². The lowest BCUT2D eigenvalue weighted by Gasteiger charge is -2.35. The quantitative estimate of drug-likeness (QED) is 0.126. The Balaban J connectivity index is 0.000000766. The summed E-state index contributed by atoms with van der Waals surface area (Å²) in [6, 6.07) is 0.192. The van der Waals surface area contributed by atoms with E-state index in [0.29, 0.717) is 55.8 Å². The molecule has 1 N–H and O–H groups in total. The van der Waals surface area contributed by atoms with Gasteiger partial charge in [0.25, 0.3) is 0 Å². The summed E-state index contributed by atoms with van der Waals surface area (Å²) in [6.07, 6.45) is 25.9. The zero-order valence-corrected chi connectivity index (χ0v) is 96.5. The van der Waals surface area contributed by atoms with Crippen molar-refractivity contribution >= 4 is 39.8 Å². The van der Waals surface area contributed by atoms with Crippen LogP contribution in [0.3, 0.4) is 0 Å². The van der Waals surface area contributed by atoms with Crippen molar-refractivity contribution in [3.63, 3.8) is 0 Å². The second kappa shape index (κ2) is 67.9. The van der Waals surface area contributed by atoms with E-state index in [4.69, 9.17) is 66.3 Å². The number of carbonyl (C=O) groups excluding carboxylic acids is 5. The Labute approximate surface area is 848 Å². The number of nitrogens with one attached hydrogen (secondary N) is 1. The van der Waals surface area contributed by atoms with Crippen LogP contribution in [0.2, 0.25) is 0 Å². The highest BCUT2D eigenvalue weighted by Gasteiger charge is 2.35. The number of urea groups is 2. The van der Waals surface area contributed by atoms with Gasteiger partial charge in [-0.3, -0.25) is 14.4 Å². The van der Waals surface area contributed by atoms with Crippen LogP contribution in [0.1, 0.15) is 330 Å². The van der Waals surface area contributed by atoms with Crippen molar-refractivity contribution in [1.29, 1.82) is 0 Å². The van der Waals surface area contributed by atoms with E-state index in [1.165, 1.54) is 62.3 Å². The highest BCUT2D eigenvalue weighted by molar-refractivity contribution is 7.88. The Morgan fingerprint density at radius 3 is 1.00 bits per heavy atom. The smallest absolute Gasteiger partial charge is 0.319 e. The van der Waals surface area contributed by atoms with Crippen LogP contribution in [0.5, 0.6) is 0 Å². The molecule has 33 heteroatoms. The third kappa shape index (κ3) is 69.9. The van der Waals surface area contributed by atoms with Gasteiger partial charge in [-0.25, -0.2) is 18.0 Å². The molecule has 11 aliphatic rings. The monoisotopic (exact) mass is 2010 g/mol. The minimum atomic E-state index is -3.02. The second-order valence-electron chi connectivity index (χ2n) is 46.6. The average molecular weight is 2010 g/mol. The van der Waals surface area contributed by atoms with Crippen LogP contribution in [-0.4, -0.2) is 418 Å². The molecule has 0 radical (unpaired) electrons. The van der Waals surface area contributed by atoms with Crippen molar-refractivity contribution < 1.29 is 98.7 Å². The number of hydrogen-bond donors (Lipinski definition) is 1. The summed E-state index contributed by atoms with van der Waals surface area (Å²) in [4.78, 5) is 74.0. The number of likely N-dealkylation sites (tertiary alicyclic amines) is 7. The third-order valence-electron chi connectivity index (χ3n) is 23.0. The Kier molecular flexibility index (Phi) is 65.1. The lowest BCUT2D eigenvalue weighted by atomic mass is 10.1. The number of nitrogens with zero attached hydrogens (tertiary/aromatic N) is 10. The largest absolute Gasteiger partial charge is 0.381 e. The number of ether oxygens (including phenoxy) is 14. The maximum absolute atomic E-state index is 11.6. The molecular formula is C106H213N11O21S. The van der Waals surface area contributed by atoms with E-state index >= 15 is 0 Å². The first-order valence-electron chi connectivity index (χ1n) is 53.0. The first-order chi connectivity index (χ1) is 64.2. The van der Waals surface area contributed by atoms with E-state index in [-0.39, 0.29) is 125 Å². The molecule has 0 aromatic heterocycles. The van der Waals surface area contributed by atoms with Gasteiger partial charge in [0.15, 0.2) is 6.29 Å². The number of carbonyl (C=O) groups is 5. The summed E-state index contributed by atoms with van der Waals surface area (Å²) in [5.74, 6) is 0.421. The predicted molar refractivity (Wildman–Crippen MR) is 561 cm³/mol. The minimum Gasteiger partial charge on any atom is -0.381 e. The summed E-state index contributed by atoms with van der Waals surface area (Å²) in [7, 11) is 9.98. The van der Waals surface area contributed by atoms with E-state index in [2.05, 4.69) is 182 Å². The van der Waals surface area contributed by atoms with Crippen LogP contribution < -0.4 is 5.32 Å². The van der Waals surface area contributed by atoms with Gasteiger partial charge in [0.1, 0.15) is 6.61 Å². The highest BCUT2D eigenvalue weighted by Crippen LogP contribution is 2.28. The number of amides is 7. The third-order valence-corrected chi connectivity index (χ3v) is 24.3. The van der Waals surface area contributed by atoms with Gasteiger partial charge in [-0.1, -0.05) is 0 Å². The maximum Gasteiger partial charge on any atom is 0.319 e. The number of methoxy groups -OCH3 is 1. The molecule has 11 fully saturated rings. The zero-order valence-electron chi connectivity index (χ0n) is 95.7. The molecule has 0 spiro atoms. The van der Waals surface area contributed by atoms with Crippen LogP contribution in [0.25, 0.3) is 0 Å². The number of piperidine rings is 5. The lowest BCUT2D eigenvalue weighted by molar-refractivity contribution is -0.210. The fourth-order valence-electron chi connectivity index (χ4n) is 17.2. The fourth-order valence-corrected chi connectivity index (χ4v) is 18.0. The van der Waals surface area contributed by atoms with Crippen molar-refractivity contribution in [2.75, 3.05) is 200 Å². The summed E-state index contributed by atoms with van der Waals surface area (Å²) in [5.41, 5.74) is -0.0776. The molecule has 5 atom stereocenters. The van der Waals surface area contributed by atoms with Crippen molar-refractivity contribution in [3.8, 4) is 0 Å². The molecule has 0 bridgehead atoms. The molecule has 11 aliphatic heterocycles. The molecule has 5 unspecified atom stereocenters. The maximum atomic E-state index is 11.6. The molecule has 0 aliphatic carbocycles. The number of rotatable bonds is 19. The van der Waals surface area contributed by atoms with E-state index in [1.54, 1.807) is 58.9 Å². The van der Waals surface area contributed by atoms with Gasteiger partial charge in [0, 0.05) is 174 Å². The summed E-state index contributed by atoms with van der Waals surface area (Å²) < 4.78 is 102. The zero-order chi connectivity index (χ0) is 106. The Morgan fingerprint density at radius 1 is 0.345 bits per heavy atom. The predicted octanol–water partition coefficient (Wildman–Crippen LogP) is 16.3. The standard InChI is InChI=1S/C12H23NO3.C11H22N2O2.C10H20N2O2.C10H19NO2.C10H21NO.C9H17NO2.2C9H19NO.2C9H18O2.C8H17NO3S/c1-12(2,3)16-10-5-7-13(8-6-10)11(14)9-15-4;1-9(2)15-10-5-7-13(8-6-10)11(14)12(3)4;1-8(2)14-9-5-6-12(7-9)10(13)11(3)4;1-8(2)13-10-4-6-11(7-5-10)9(3)12;1-10(2,3)12-9-5-7-11(4)8-6-9;1-7(2)12-9-4-5-10(6-9)8(3)11;1-9(2,3)11-8-5-6-10(4)7-8;2*1-9(2,3)11-8-4-6-10-7-5-8;1-9(2,3)11-8-6-4-5-7-10-8;1-7(2)12-8-4-5-9(6-8)13(3,10)11/h10H,5-9H2,1-4H3;9-10H,5-8H2,1-4H3;8-9H,5-7H2,1-4H3;8,10H,4-7H2,1-3H3;9H,5-8H2,1-4H3;7,9H,4-6H2,1-3H3;8H,5-7H2,1-4H3;8,10H,4-7H2,1-3H3;2*8H,4-7H2,1-3H3;7-8H,4-6H2,1-3H3. The first-order valence-corrected chi connectivity index (χ1v) is 54.8. The van der Waals surface area contributed by atoms with Crippen molar-refractivity contribution in [1.82, 2.24) is 53.7 Å². The van der Waals surface area contributed by atoms with Gasteiger partial charge in [0.2, 0.25) is 27.7 Å². The molecule has 139 heavy (non-hydrogen) atoms. The molecule has 0 saturated carbocycles. The molecule has 824 valence electrons. The molecule has 11 heterocycles. The molecule has 0 aromatic carbocycles. The van der Waals surface area contributed by atoms with Crippen molar-refractivity contribution in [2.24, 2.45) is 0 Å². The normalized spacial score (nSPS) is 22.4. The molecule has 7 amide bonds. The lowest BCUT2D eigenvalue weighted by Crippen LogP contribution is -2.45. The molecule has 0 aromatic rings. The average Bonchev–Trinajstić information content (AvgIpc) is 1.55. The summed E-state index contributed by atoms with van der Waals surface area (Å²) >= 11 is 0. The number of sulfonamides is 1. The summed E-state index contributed by atoms with van der Waals surface area (Å²) in [6.45, 7) is 80.0. The van der Waals surface area contributed by atoms with Gasteiger partial charge in [0.05, 0.1) is 131 Å². The molecule has 11 rings (SSSR count). The SMILES string of the molecule is CC(=O)N1CCC(OC(C)C)C1.CC(=O)N1CCC(OC(C)C)CC1.CC(C)(C)OC1CCCCO1.CC(C)(C)OC1CCNCC1.CC(C)(C)OC1CCOCC1.CC(C)OC1CCN(C(=O)N(C)C)C1.CC(C)OC1CCN(C(=O)N(C)C)CC1.CC(C)OC1CCN(S(C)(=O)=O)C1.CN1CCC(OC(C)(C)C)C1.CN1CCC(OC(C)(C)C)CC1.COCC(=O)N1CCC(OC(C)(C)C)CC1. The van der Waals surface area contributed by atoms with E-state index in [9.17, 15) is 32.4 Å². The molecule has 32 nitrogen and oxygen atoms in total. The van der Waals surface area contributed by atoms with E-state index in [1.807, 2.05) is 66.0 Å². The van der Waals surface area contributed by atoms with Crippen molar-refractivity contribution in [3.05, 3.63) is 0 Å². The minimum absolute atomic E-state index is 0.00199. The van der Waals surface area contributed by atoms with Gasteiger partial charge in [-0.05, 0) is 343 Å². The Morgan fingerprint density at radius 2 is 0.655 bits per heavy atom. The first kappa shape index (κ1) is 133. The van der Waals surface area contributed by atoms with Gasteiger partial charge in [-0.2, -0.15) is 4.31 Å².